The number of phosphoric ester groups is 1. The molecule has 9 nitrogen and oxygen atoms in total. The van der Waals surface area contributed by atoms with Crippen molar-refractivity contribution in [2.24, 2.45) is 0 Å². The van der Waals surface area contributed by atoms with Crippen LogP contribution >= 0.6 is 7.82 Å². The quantitative estimate of drug-likeness (QED) is 0.0212. The van der Waals surface area contributed by atoms with E-state index in [-0.39, 0.29) is 31.5 Å². The van der Waals surface area contributed by atoms with Crippen molar-refractivity contribution in [2.45, 2.75) is 405 Å². The van der Waals surface area contributed by atoms with E-state index >= 15 is 0 Å². The molecule has 0 heterocycles. The number of unbranched alkanes of at least 4 members (excludes halogenated alkanes) is 52. The van der Waals surface area contributed by atoms with Gasteiger partial charge in [-0.25, -0.2) is 0 Å². The number of nitrogens with zero attached hydrogens (tertiary/aromatic N) is 1. The normalized spacial score (nSPS) is 13.5. The SMILES string of the molecule is CCCCCCCC/C=C/CCCCCCCCCCCCCC(=O)OC(/C=C/CCCCCCCCCCC)C(COP(=O)([O-])OCC[N+](C)(C)C)NC(=O)CCCCCCCCCCCCCCCCCCCCCCCCCCCCC. The van der Waals surface area contributed by atoms with Gasteiger partial charge in [0, 0.05) is 12.8 Å². The van der Waals surface area contributed by atoms with Gasteiger partial charge in [-0.2, -0.15) is 0 Å². The van der Waals surface area contributed by atoms with Gasteiger partial charge in [-0.05, 0) is 57.4 Å². The summed E-state index contributed by atoms with van der Waals surface area (Å²) >= 11 is 0. The lowest BCUT2D eigenvalue weighted by molar-refractivity contribution is -0.870. The van der Waals surface area contributed by atoms with Crippen LogP contribution < -0.4 is 10.2 Å². The first-order valence-corrected chi connectivity index (χ1v) is 39.1. The Morgan fingerprint density at radius 1 is 0.400 bits per heavy atom. The molecule has 1 N–H and O–H groups in total. The highest BCUT2D eigenvalue weighted by molar-refractivity contribution is 7.45. The van der Waals surface area contributed by atoms with Gasteiger partial charge in [0.1, 0.15) is 19.3 Å². The molecule has 0 fully saturated rings. The van der Waals surface area contributed by atoms with E-state index in [0.29, 0.717) is 17.4 Å². The number of rotatable bonds is 70. The average molecular weight is 1220 g/mol. The second kappa shape index (κ2) is 65.4. The van der Waals surface area contributed by atoms with Gasteiger partial charge in [-0.1, -0.05) is 347 Å². The number of carbonyl (C=O) groups excluding carboxylic acids is 2. The minimum absolute atomic E-state index is 0.0182. The lowest BCUT2D eigenvalue weighted by atomic mass is 10.0. The first kappa shape index (κ1) is 83.5. The smallest absolute Gasteiger partial charge is 0.306 e. The predicted molar refractivity (Wildman–Crippen MR) is 367 cm³/mol. The molecule has 0 radical (unpaired) electrons. The molecular formula is C75H147N2O7P. The van der Waals surface area contributed by atoms with Crippen molar-refractivity contribution in [1.29, 1.82) is 0 Å². The molecule has 0 aromatic rings. The molecule has 0 saturated carbocycles. The summed E-state index contributed by atoms with van der Waals surface area (Å²) in [5, 5.41) is 3.05. The molecule has 85 heavy (non-hydrogen) atoms. The molecule has 0 saturated heterocycles. The zero-order chi connectivity index (χ0) is 62.1. The molecule has 3 atom stereocenters. The summed E-state index contributed by atoms with van der Waals surface area (Å²) in [6, 6.07) is -0.884. The van der Waals surface area contributed by atoms with Gasteiger partial charge in [0.25, 0.3) is 7.82 Å². The van der Waals surface area contributed by atoms with E-state index in [1.165, 1.54) is 302 Å². The molecule has 3 unspecified atom stereocenters. The van der Waals surface area contributed by atoms with Crippen LogP contribution in [-0.4, -0.2) is 69.4 Å². The molecule has 0 aromatic carbocycles. The number of allylic oxidation sites excluding steroid dienone is 3. The Bertz CT molecular complexity index is 1500. The van der Waals surface area contributed by atoms with Gasteiger partial charge in [0.05, 0.1) is 33.8 Å². The minimum Gasteiger partial charge on any atom is -0.756 e. The van der Waals surface area contributed by atoms with E-state index in [4.69, 9.17) is 13.8 Å². The van der Waals surface area contributed by atoms with E-state index in [9.17, 15) is 19.0 Å². The number of ether oxygens (including phenoxy) is 1. The molecule has 504 valence electrons. The maximum Gasteiger partial charge on any atom is 0.306 e. The molecule has 0 aromatic heterocycles. The van der Waals surface area contributed by atoms with Crippen molar-refractivity contribution in [3.8, 4) is 0 Å². The lowest BCUT2D eigenvalue weighted by Gasteiger charge is -2.30. The number of quaternary nitrogens is 1. The highest BCUT2D eigenvalue weighted by atomic mass is 31.2. The monoisotopic (exact) mass is 1220 g/mol. The van der Waals surface area contributed by atoms with Crippen LogP contribution in [0.1, 0.15) is 393 Å². The number of amides is 1. The molecule has 10 heteroatoms. The molecule has 0 spiro atoms. The predicted octanol–water partition coefficient (Wildman–Crippen LogP) is 23.4. The Morgan fingerprint density at radius 3 is 1.00 bits per heavy atom. The summed E-state index contributed by atoms with van der Waals surface area (Å²) < 4.78 is 30.5. The third-order valence-corrected chi connectivity index (χ3v) is 18.3. The first-order valence-electron chi connectivity index (χ1n) is 37.6. The van der Waals surface area contributed by atoms with Crippen LogP contribution in [0.5, 0.6) is 0 Å². The number of likely N-dealkylation sites (N-methyl/N-ethyl adjacent to an activating group) is 1. The molecular weight excluding hydrogens is 1070 g/mol. The first-order chi connectivity index (χ1) is 41.4. The molecule has 0 bridgehead atoms. The Balaban J connectivity index is 4.89. The van der Waals surface area contributed by atoms with Gasteiger partial charge >= 0.3 is 5.97 Å². The van der Waals surface area contributed by atoms with E-state index in [1.807, 2.05) is 33.3 Å². The van der Waals surface area contributed by atoms with Crippen LogP contribution in [-0.2, 0) is 27.9 Å². The van der Waals surface area contributed by atoms with Crippen molar-refractivity contribution in [1.82, 2.24) is 5.32 Å². The number of phosphoric acid groups is 1. The Morgan fingerprint density at radius 2 is 0.682 bits per heavy atom. The number of hydrogen-bond donors (Lipinski definition) is 1. The average Bonchev–Trinajstić information content (AvgIpc) is 3.63. The fourth-order valence-corrected chi connectivity index (χ4v) is 12.3. The number of carbonyl (C=O) groups is 2. The summed E-state index contributed by atoms with van der Waals surface area (Å²) in [4.78, 5) is 40.2. The van der Waals surface area contributed by atoms with Gasteiger partial charge in [0.15, 0.2) is 0 Å². The maximum atomic E-state index is 13.6. The largest absolute Gasteiger partial charge is 0.756 e. The second-order valence-corrected chi connectivity index (χ2v) is 28.6. The summed E-state index contributed by atoms with van der Waals surface area (Å²) in [5.74, 6) is -0.518. The molecule has 0 rings (SSSR count). The molecule has 0 aliphatic heterocycles. The zero-order valence-electron chi connectivity index (χ0n) is 57.8. The van der Waals surface area contributed by atoms with Crippen LogP contribution in [0, 0.1) is 0 Å². The van der Waals surface area contributed by atoms with Crippen molar-refractivity contribution >= 4 is 19.7 Å². The number of hydrogen-bond acceptors (Lipinski definition) is 7. The van der Waals surface area contributed by atoms with E-state index in [2.05, 4.69) is 38.2 Å². The van der Waals surface area contributed by atoms with Crippen molar-refractivity contribution in [2.75, 3.05) is 40.9 Å². The maximum absolute atomic E-state index is 13.6. The number of nitrogens with one attached hydrogen (secondary N) is 1. The second-order valence-electron chi connectivity index (χ2n) is 27.2. The number of esters is 1. The van der Waals surface area contributed by atoms with Gasteiger partial charge in [-0.15, -0.1) is 0 Å². The van der Waals surface area contributed by atoms with Crippen LogP contribution in [0.15, 0.2) is 24.3 Å². The van der Waals surface area contributed by atoms with Gasteiger partial charge in [0.2, 0.25) is 5.91 Å². The van der Waals surface area contributed by atoms with Gasteiger partial charge < -0.3 is 28.5 Å². The fraction of sp³-hybridized carbons (Fsp3) is 0.920. The molecule has 0 aliphatic carbocycles. The van der Waals surface area contributed by atoms with E-state index < -0.39 is 20.0 Å². The standard InChI is InChI=1S/C75H147N2O7P/c1-7-10-13-16-19-22-25-27-29-31-33-35-36-37-38-39-40-42-43-45-47-49-52-55-58-61-64-67-74(78)76-72(71-83-85(80,81)82-70-69-77(4,5)6)73(66-63-60-57-54-51-24-21-18-15-12-9-3)84-75(79)68-65-62-59-56-53-50-48-46-44-41-34-32-30-28-26-23-20-17-14-11-8-2/h28,30,63,66,72-73H,7-27,29,31-62,64-65,67-71H2,1-6H3,(H-,76,78,80,81)/b30-28+,66-63+. The van der Waals surface area contributed by atoms with Gasteiger partial charge in [-0.3, -0.25) is 14.2 Å². The molecule has 1 amide bonds. The van der Waals surface area contributed by atoms with Crippen LogP contribution in [0.4, 0.5) is 0 Å². The summed E-state index contributed by atoms with van der Waals surface area (Å²) in [5.41, 5.74) is 0. The summed E-state index contributed by atoms with van der Waals surface area (Å²) in [6.45, 7) is 6.91. The van der Waals surface area contributed by atoms with Crippen molar-refractivity contribution < 1.29 is 37.3 Å². The third kappa shape index (κ3) is 66.7. The Hall–Kier alpha value is -1.51. The highest BCUT2D eigenvalue weighted by Gasteiger charge is 2.27. The fourth-order valence-electron chi connectivity index (χ4n) is 11.6. The third-order valence-electron chi connectivity index (χ3n) is 17.4. The van der Waals surface area contributed by atoms with Crippen molar-refractivity contribution in [3.63, 3.8) is 0 Å². The minimum atomic E-state index is -4.70. The van der Waals surface area contributed by atoms with Crippen molar-refractivity contribution in [3.05, 3.63) is 24.3 Å². The zero-order valence-corrected chi connectivity index (χ0v) is 58.7. The summed E-state index contributed by atoms with van der Waals surface area (Å²) in [7, 11) is 1.21. The topological polar surface area (TPSA) is 114 Å². The van der Waals surface area contributed by atoms with Crippen LogP contribution in [0.2, 0.25) is 0 Å². The molecule has 0 aliphatic rings. The Kier molecular flexibility index (Phi) is 64.3. The van der Waals surface area contributed by atoms with E-state index in [1.54, 1.807) is 0 Å². The highest BCUT2D eigenvalue weighted by Crippen LogP contribution is 2.38. The van der Waals surface area contributed by atoms with Crippen LogP contribution in [0.25, 0.3) is 0 Å². The Labute approximate surface area is 530 Å². The van der Waals surface area contributed by atoms with E-state index in [0.717, 1.165) is 57.8 Å². The summed E-state index contributed by atoms with van der Waals surface area (Å²) in [6.07, 6.45) is 80.4. The van der Waals surface area contributed by atoms with Crippen LogP contribution in [0.3, 0.4) is 0 Å². The lowest BCUT2D eigenvalue weighted by Crippen LogP contribution is -2.47.